The first-order valence-corrected chi connectivity index (χ1v) is 10.8. The Hall–Kier alpha value is -3.84. The van der Waals surface area contributed by atoms with Crippen LogP contribution >= 0.6 is 0 Å². The van der Waals surface area contributed by atoms with Crippen molar-refractivity contribution >= 4 is 17.5 Å². The molecule has 1 aliphatic heterocycles. The number of amides is 1. The van der Waals surface area contributed by atoms with Gasteiger partial charge in [-0.1, -0.05) is 18.2 Å². The Kier molecular flexibility index (Phi) is 6.60. The average molecular weight is 449 g/mol. The fourth-order valence-corrected chi connectivity index (χ4v) is 3.80. The molecule has 33 heavy (non-hydrogen) atoms. The zero-order valence-corrected chi connectivity index (χ0v) is 18.5. The van der Waals surface area contributed by atoms with Gasteiger partial charge in [-0.3, -0.25) is 9.48 Å². The van der Waals surface area contributed by atoms with Crippen molar-refractivity contribution in [3.8, 4) is 17.3 Å². The molecule has 0 bridgehead atoms. The van der Waals surface area contributed by atoms with E-state index in [1.807, 2.05) is 16.9 Å². The maximum absolute atomic E-state index is 14.7. The van der Waals surface area contributed by atoms with E-state index >= 15 is 0 Å². The first-order valence-electron chi connectivity index (χ1n) is 10.8. The van der Waals surface area contributed by atoms with Crippen LogP contribution in [0.3, 0.4) is 0 Å². The Morgan fingerprint density at radius 3 is 2.79 bits per heavy atom. The molecule has 1 aromatic carbocycles. The third-order valence-corrected chi connectivity index (χ3v) is 5.63. The number of likely N-dealkylation sites (tertiary alicyclic amines) is 1. The van der Waals surface area contributed by atoms with Gasteiger partial charge in [-0.15, -0.1) is 0 Å². The summed E-state index contributed by atoms with van der Waals surface area (Å²) in [5.74, 6) is -0.947. The summed E-state index contributed by atoms with van der Waals surface area (Å²) in [7, 11) is 2.11. The average Bonchev–Trinajstić information content (AvgIpc) is 3.29. The number of nitrogens with one attached hydrogen (secondary N) is 2. The molecule has 1 aliphatic rings. The number of nitriles is 1. The lowest BCUT2D eigenvalue weighted by Crippen LogP contribution is -2.31. The highest BCUT2D eigenvalue weighted by Crippen LogP contribution is 2.27. The molecule has 3 aromatic rings. The number of piperidine rings is 1. The van der Waals surface area contributed by atoms with E-state index in [0.29, 0.717) is 17.3 Å². The van der Waals surface area contributed by atoms with Crippen LogP contribution in [0.15, 0.2) is 42.9 Å². The van der Waals surface area contributed by atoms with E-state index in [2.05, 4.69) is 37.6 Å². The van der Waals surface area contributed by atoms with E-state index in [4.69, 9.17) is 5.26 Å². The van der Waals surface area contributed by atoms with Gasteiger partial charge in [0.05, 0.1) is 30.2 Å². The summed E-state index contributed by atoms with van der Waals surface area (Å²) in [6.45, 7) is 3.62. The van der Waals surface area contributed by atoms with Crippen molar-refractivity contribution in [2.24, 2.45) is 0 Å². The van der Waals surface area contributed by atoms with Crippen molar-refractivity contribution in [3.63, 3.8) is 0 Å². The number of anilines is 2. The number of nitrogens with zero attached hydrogens (tertiary/aromatic N) is 6. The summed E-state index contributed by atoms with van der Waals surface area (Å²) in [4.78, 5) is 23.3. The van der Waals surface area contributed by atoms with Crippen LogP contribution in [0.5, 0.6) is 0 Å². The van der Waals surface area contributed by atoms with E-state index in [1.54, 1.807) is 37.4 Å². The van der Waals surface area contributed by atoms with Gasteiger partial charge in [0.15, 0.2) is 5.82 Å². The van der Waals surface area contributed by atoms with Crippen molar-refractivity contribution in [2.45, 2.75) is 31.8 Å². The quantitative estimate of drug-likeness (QED) is 0.596. The van der Waals surface area contributed by atoms with Gasteiger partial charge in [0.2, 0.25) is 5.95 Å². The summed E-state index contributed by atoms with van der Waals surface area (Å²) in [6.07, 6.45) is 6.71. The number of benzene rings is 1. The lowest BCUT2D eigenvalue weighted by Gasteiger charge is -2.28. The van der Waals surface area contributed by atoms with Gasteiger partial charge < -0.3 is 15.5 Å². The van der Waals surface area contributed by atoms with Gasteiger partial charge in [-0.05, 0) is 46.0 Å². The van der Waals surface area contributed by atoms with Gasteiger partial charge in [-0.25, -0.2) is 14.4 Å². The van der Waals surface area contributed by atoms with Crippen LogP contribution in [0.1, 0.15) is 36.2 Å². The molecule has 170 valence electrons. The van der Waals surface area contributed by atoms with Crippen molar-refractivity contribution in [3.05, 3.63) is 54.2 Å². The van der Waals surface area contributed by atoms with Crippen LogP contribution < -0.4 is 10.6 Å². The van der Waals surface area contributed by atoms with Crippen molar-refractivity contribution < 1.29 is 9.18 Å². The van der Waals surface area contributed by atoms with Gasteiger partial charge >= 0.3 is 0 Å². The molecule has 9 nitrogen and oxygen atoms in total. The Labute approximate surface area is 191 Å². The van der Waals surface area contributed by atoms with Crippen molar-refractivity contribution in [2.75, 3.05) is 25.5 Å². The fraction of sp³-hybridized carbons (Fsp3) is 0.348. The van der Waals surface area contributed by atoms with Crippen LogP contribution in [0.25, 0.3) is 11.3 Å². The Morgan fingerprint density at radius 2 is 2.03 bits per heavy atom. The molecule has 10 heteroatoms. The van der Waals surface area contributed by atoms with Gasteiger partial charge in [0.1, 0.15) is 11.7 Å². The predicted molar refractivity (Wildman–Crippen MR) is 121 cm³/mol. The second-order valence-corrected chi connectivity index (χ2v) is 8.13. The molecule has 1 saturated heterocycles. The first kappa shape index (κ1) is 22.4. The molecule has 0 spiro atoms. The number of rotatable bonds is 6. The lowest BCUT2D eigenvalue weighted by atomic mass is 10.0. The highest BCUT2D eigenvalue weighted by atomic mass is 19.1. The minimum absolute atomic E-state index is 0.00873. The Balaban J connectivity index is 1.56. The second-order valence-electron chi connectivity index (χ2n) is 8.13. The molecule has 0 saturated carbocycles. The molecular weight excluding hydrogens is 423 g/mol. The fourth-order valence-electron chi connectivity index (χ4n) is 3.80. The standard InChI is InChI=1S/C23H25FN8O/c1-15(11-25)28-22(33)19-6-4-3-5-18(19)21-20(24)13-26-23(30-21)29-16-12-27-32(14-16)17-7-9-31(2)10-8-17/h3-6,12-15,17H,7-10H2,1-2H3,(H,28,33)(H,26,29,30). The van der Waals surface area contributed by atoms with E-state index < -0.39 is 17.8 Å². The molecule has 2 N–H and O–H groups in total. The highest BCUT2D eigenvalue weighted by molar-refractivity contribution is 6.00. The summed E-state index contributed by atoms with van der Waals surface area (Å²) in [5.41, 5.74) is 1.22. The number of carbonyl (C=O) groups excluding carboxylic acids is 1. The predicted octanol–water partition coefficient (Wildman–Crippen LogP) is 3.13. The van der Waals surface area contributed by atoms with Crippen LogP contribution in [0.2, 0.25) is 0 Å². The lowest BCUT2D eigenvalue weighted by molar-refractivity contribution is 0.0948. The maximum atomic E-state index is 14.7. The molecule has 0 aliphatic carbocycles. The molecule has 1 atom stereocenters. The van der Waals surface area contributed by atoms with E-state index in [0.717, 1.165) is 32.1 Å². The Morgan fingerprint density at radius 1 is 1.27 bits per heavy atom. The number of carbonyl (C=O) groups is 1. The third kappa shape index (κ3) is 5.15. The second kappa shape index (κ2) is 9.75. The normalized spacial score (nSPS) is 15.6. The summed E-state index contributed by atoms with van der Waals surface area (Å²) >= 11 is 0. The zero-order chi connectivity index (χ0) is 23.4. The van der Waals surface area contributed by atoms with Crippen LogP contribution in [-0.2, 0) is 0 Å². The third-order valence-electron chi connectivity index (χ3n) is 5.63. The maximum Gasteiger partial charge on any atom is 0.252 e. The molecule has 4 rings (SSSR count). The molecule has 2 aromatic heterocycles. The molecule has 1 fully saturated rings. The SMILES string of the molecule is CC(C#N)NC(=O)c1ccccc1-c1nc(Nc2cnn(C3CCN(C)CC3)c2)ncc1F. The van der Waals surface area contributed by atoms with Gasteiger partial charge in [0.25, 0.3) is 5.91 Å². The van der Waals surface area contributed by atoms with Crippen LogP contribution in [0, 0.1) is 17.1 Å². The molecule has 3 heterocycles. The number of halogens is 1. The van der Waals surface area contributed by atoms with Crippen LogP contribution in [-0.4, -0.2) is 56.7 Å². The summed E-state index contributed by atoms with van der Waals surface area (Å²) < 4.78 is 16.6. The number of hydrogen-bond acceptors (Lipinski definition) is 7. The summed E-state index contributed by atoms with van der Waals surface area (Å²) in [5, 5.41) is 19.1. The van der Waals surface area contributed by atoms with Gasteiger partial charge in [0, 0.05) is 17.3 Å². The minimum Gasteiger partial charge on any atom is -0.337 e. The van der Waals surface area contributed by atoms with E-state index in [9.17, 15) is 9.18 Å². The smallest absolute Gasteiger partial charge is 0.252 e. The largest absolute Gasteiger partial charge is 0.337 e. The summed E-state index contributed by atoms with van der Waals surface area (Å²) in [6, 6.07) is 8.14. The minimum atomic E-state index is -0.681. The van der Waals surface area contributed by atoms with Gasteiger partial charge in [-0.2, -0.15) is 10.4 Å². The monoisotopic (exact) mass is 448 g/mol. The highest BCUT2D eigenvalue weighted by Gasteiger charge is 2.20. The molecule has 1 unspecified atom stereocenters. The van der Waals surface area contributed by atoms with Crippen LogP contribution in [0.4, 0.5) is 16.0 Å². The van der Waals surface area contributed by atoms with Crippen molar-refractivity contribution in [1.82, 2.24) is 30.0 Å². The number of aromatic nitrogens is 4. The van der Waals surface area contributed by atoms with E-state index in [1.165, 1.54) is 0 Å². The first-order chi connectivity index (χ1) is 15.9. The van der Waals surface area contributed by atoms with Crippen molar-refractivity contribution in [1.29, 1.82) is 5.26 Å². The Bertz CT molecular complexity index is 1180. The number of hydrogen-bond donors (Lipinski definition) is 2. The molecular formula is C23H25FN8O. The van der Waals surface area contributed by atoms with E-state index in [-0.39, 0.29) is 17.2 Å². The molecule has 1 amide bonds. The zero-order valence-electron chi connectivity index (χ0n) is 18.5. The topological polar surface area (TPSA) is 112 Å². The molecule has 0 radical (unpaired) electrons.